The number of aliphatic hydroxyl groups is 8. The molecule has 0 aliphatic carbocycles. The zero-order chi connectivity index (χ0) is 43.3. The largest absolute Gasteiger partial charge is 0.395 e. The molecular weight excluding hydrogens is 742 g/mol. The van der Waals surface area contributed by atoms with Crippen molar-refractivity contribution in [2.45, 2.75) is 117 Å². The Morgan fingerprint density at radius 1 is 0.407 bits per heavy atom. The second-order valence-corrected chi connectivity index (χ2v) is 18.7. The van der Waals surface area contributed by atoms with Gasteiger partial charge in [0.05, 0.1) is 62.7 Å². The minimum Gasteiger partial charge on any atom is -0.395 e. The highest BCUT2D eigenvalue weighted by Gasteiger charge is 2.41. The second kappa shape index (κ2) is 22.6. The second-order valence-electron chi connectivity index (χ2n) is 17.6. The third kappa shape index (κ3) is 16.7. The Hall–Kier alpha value is -1.26. The molecule has 0 bridgehead atoms. The molecule has 0 radical (unpaired) electrons. The summed E-state index contributed by atoms with van der Waals surface area (Å²) in [6.45, 7) is 22.2. The van der Waals surface area contributed by atoms with Crippen molar-refractivity contribution in [2.75, 3.05) is 39.6 Å². The van der Waals surface area contributed by atoms with Crippen LogP contribution >= 0.6 is 17.2 Å². The lowest BCUT2D eigenvalue weighted by molar-refractivity contribution is -0.0861. The summed E-state index contributed by atoms with van der Waals surface area (Å²) in [5, 5.41) is 79.2. The summed E-state index contributed by atoms with van der Waals surface area (Å²) < 4.78 is 0. The first kappa shape index (κ1) is 54.8. The van der Waals surface area contributed by atoms with Crippen LogP contribution in [0.4, 0.5) is 0 Å². The summed E-state index contributed by atoms with van der Waals surface area (Å²) in [5.41, 5.74) is 2.30. The predicted octanol–water partition coefficient (Wildman–Crippen LogP) is 2.94. The van der Waals surface area contributed by atoms with Gasteiger partial charge in [-0.05, 0) is 55.0 Å². The number of rotatable bonds is 10. The van der Waals surface area contributed by atoms with E-state index in [9.17, 15) is 40.9 Å². The molecule has 16 heteroatoms. The summed E-state index contributed by atoms with van der Waals surface area (Å²) in [7, 11) is -5.24. The zero-order valence-electron chi connectivity index (χ0n) is 34.0. The van der Waals surface area contributed by atoms with E-state index in [4.69, 9.17) is 29.4 Å². The molecule has 2 aromatic rings. The molecule has 2 rings (SSSR count). The van der Waals surface area contributed by atoms with E-state index in [2.05, 4.69) is 95.2 Å². The van der Waals surface area contributed by atoms with Gasteiger partial charge in [-0.3, -0.25) is 0 Å². The van der Waals surface area contributed by atoms with Gasteiger partial charge in [0, 0.05) is 0 Å². The van der Waals surface area contributed by atoms with Gasteiger partial charge in [0.1, 0.15) is 0 Å². The fourth-order valence-electron chi connectivity index (χ4n) is 5.30. The van der Waals surface area contributed by atoms with Gasteiger partial charge in [-0.1, -0.05) is 119 Å². The molecule has 316 valence electrons. The van der Waals surface area contributed by atoms with Crippen LogP contribution in [0.25, 0.3) is 0 Å². The van der Waals surface area contributed by atoms with E-state index >= 15 is 0 Å². The van der Waals surface area contributed by atoms with Gasteiger partial charge in [-0.15, -0.1) is 0 Å². The van der Waals surface area contributed by atoms with Crippen molar-refractivity contribution < 1.29 is 70.2 Å². The van der Waals surface area contributed by atoms with Gasteiger partial charge < -0.3 is 70.2 Å². The van der Waals surface area contributed by atoms with Gasteiger partial charge in [-0.25, -0.2) is 0 Å². The molecule has 0 saturated carbocycles. The Bertz CT molecular complexity index is 1230. The summed E-state index contributed by atoms with van der Waals surface area (Å²) in [5.74, 6) is 0. The maximum atomic E-state index is 10.8. The Balaban J connectivity index is 0. The third-order valence-electron chi connectivity index (χ3n) is 9.09. The van der Waals surface area contributed by atoms with E-state index in [1.54, 1.807) is 0 Å². The van der Waals surface area contributed by atoms with Crippen LogP contribution in [-0.2, 0) is 21.7 Å². The van der Waals surface area contributed by atoms with Gasteiger partial charge >= 0.3 is 17.2 Å². The number of benzene rings is 2. The van der Waals surface area contributed by atoms with E-state index < -0.39 is 79.9 Å². The van der Waals surface area contributed by atoms with Crippen LogP contribution in [0.2, 0.25) is 0 Å². The lowest BCUT2D eigenvalue weighted by Gasteiger charge is -2.36. The van der Waals surface area contributed by atoms with Crippen LogP contribution in [-0.4, -0.2) is 110 Å². The van der Waals surface area contributed by atoms with Crippen LogP contribution in [0.5, 0.6) is 0 Å². The average molecular weight is 813 g/mol. The predicted molar refractivity (Wildman–Crippen MR) is 212 cm³/mol. The fraction of sp³-hybridized carbons (Fsp3) is 0.684. The molecule has 0 aliphatic heterocycles. The van der Waals surface area contributed by atoms with Crippen molar-refractivity contribution in [3.63, 3.8) is 0 Å². The van der Waals surface area contributed by atoms with Crippen molar-refractivity contribution in [2.24, 2.45) is 10.8 Å². The van der Waals surface area contributed by atoms with Crippen molar-refractivity contribution in [1.82, 2.24) is 0 Å². The van der Waals surface area contributed by atoms with Gasteiger partial charge in [0.15, 0.2) is 0 Å². The van der Waals surface area contributed by atoms with Crippen LogP contribution in [0.3, 0.4) is 0 Å². The summed E-state index contributed by atoms with van der Waals surface area (Å²) in [6.07, 6.45) is -2.29. The average Bonchev–Trinajstić information content (AvgIpc) is 3.04. The normalized spacial score (nSPS) is 14.0. The molecule has 0 spiro atoms. The summed E-state index contributed by atoms with van der Waals surface area (Å²) >= 11 is 0. The zero-order valence-corrected chi connectivity index (χ0v) is 35.8. The van der Waals surface area contributed by atoms with Gasteiger partial charge in [0.2, 0.25) is 0 Å². The molecule has 54 heavy (non-hydrogen) atoms. The molecule has 0 aliphatic rings. The number of hydrogen-bond donors (Lipinski definition) is 14. The molecule has 0 heterocycles. The third-order valence-corrected chi connectivity index (χ3v) is 9.09. The Labute approximate surface area is 324 Å². The first-order valence-corrected chi connectivity index (χ1v) is 19.8. The van der Waals surface area contributed by atoms with Crippen LogP contribution in [0.15, 0.2) is 36.4 Å². The Kier molecular flexibility index (Phi) is 23.0. The first-order chi connectivity index (χ1) is 24.3. The summed E-state index contributed by atoms with van der Waals surface area (Å²) in [4.78, 5) is 43.4. The monoisotopic (exact) mass is 812 g/mol. The smallest absolute Gasteiger partial charge is 0.324 e. The SMILES string of the molecule is CC(C)(C)c1ccc(C(O)C(CO)(CO)CO)c(C(C)(C)C)c1.CC(C)(C)c1ccc(C(O)C(CO)(CO)CO)c(C(C)(C)C)c1.OP(O)O.OP(O)O. The van der Waals surface area contributed by atoms with E-state index in [1.165, 1.54) is 0 Å². The number of aliphatic hydroxyl groups excluding tert-OH is 8. The Morgan fingerprint density at radius 2 is 0.611 bits per heavy atom. The number of hydrogen-bond acceptors (Lipinski definition) is 14. The lowest BCUT2D eigenvalue weighted by Crippen LogP contribution is -2.41. The highest BCUT2D eigenvalue weighted by atomic mass is 31.2. The van der Waals surface area contributed by atoms with Crippen LogP contribution in [0.1, 0.15) is 129 Å². The van der Waals surface area contributed by atoms with E-state index in [1.807, 2.05) is 24.3 Å². The maximum absolute atomic E-state index is 10.8. The standard InChI is InChI=1S/2C19H32O4.2H3O3P/c2*1-17(2,3)13-7-8-14(15(9-13)18(4,5)6)16(23)19(10-20,11-21)12-22;2*1-4(2)3/h2*7-9,16,20-23H,10-12H2,1-6H3;2*1-3H. The van der Waals surface area contributed by atoms with Crippen molar-refractivity contribution in [1.29, 1.82) is 0 Å². The van der Waals surface area contributed by atoms with E-state index in [-0.39, 0.29) is 21.7 Å². The molecule has 2 unspecified atom stereocenters. The maximum Gasteiger partial charge on any atom is 0.324 e. The lowest BCUT2D eigenvalue weighted by atomic mass is 9.73. The molecule has 14 nitrogen and oxygen atoms in total. The summed E-state index contributed by atoms with van der Waals surface area (Å²) in [6, 6.07) is 11.8. The van der Waals surface area contributed by atoms with E-state index in [0.29, 0.717) is 11.1 Å². The molecule has 0 saturated heterocycles. The molecule has 14 N–H and O–H groups in total. The quantitative estimate of drug-likeness (QED) is 0.154. The molecular formula is C38H70O14P2. The van der Waals surface area contributed by atoms with Crippen molar-refractivity contribution >= 4 is 17.2 Å². The minimum absolute atomic E-state index is 0.0223. The molecule has 0 amide bonds. The topological polar surface area (TPSA) is 283 Å². The minimum atomic E-state index is -2.62. The molecule has 0 fully saturated rings. The van der Waals surface area contributed by atoms with Crippen LogP contribution in [0, 0.1) is 10.8 Å². The van der Waals surface area contributed by atoms with E-state index in [0.717, 1.165) is 22.3 Å². The van der Waals surface area contributed by atoms with Crippen molar-refractivity contribution in [3.8, 4) is 0 Å². The highest BCUT2D eigenvalue weighted by molar-refractivity contribution is 7.38. The van der Waals surface area contributed by atoms with Crippen molar-refractivity contribution in [3.05, 3.63) is 69.8 Å². The fourth-order valence-corrected chi connectivity index (χ4v) is 5.30. The van der Waals surface area contributed by atoms with Gasteiger partial charge in [0.25, 0.3) is 0 Å². The Morgan fingerprint density at radius 3 is 0.759 bits per heavy atom. The molecule has 0 aromatic heterocycles. The van der Waals surface area contributed by atoms with Crippen LogP contribution < -0.4 is 0 Å². The molecule has 2 aromatic carbocycles. The highest BCUT2D eigenvalue weighted by Crippen LogP contribution is 2.42. The molecule has 2 atom stereocenters. The van der Waals surface area contributed by atoms with Gasteiger partial charge in [-0.2, -0.15) is 0 Å². The first-order valence-electron chi connectivity index (χ1n) is 17.4.